The van der Waals surface area contributed by atoms with Crippen molar-refractivity contribution in [3.05, 3.63) is 0 Å². The molecule has 0 atom stereocenters. The van der Waals surface area contributed by atoms with Crippen LogP contribution in [0.1, 0.15) is 39.5 Å². The van der Waals surface area contributed by atoms with Crippen LogP contribution in [-0.4, -0.2) is 38.3 Å². The van der Waals surface area contributed by atoms with E-state index in [-0.39, 0.29) is 0 Å². The quantitative estimate of drug-likeness (QED) is 0.514. The second kappa shape index (κ2) is 10.0. The van der Waals surface area contributed by atoms with E-state index < -0.39 is 0 Å². The molecule has 2 nitrogen and oxygen atoms in total. The van der Waals surface area contributed by atoms with Crippen molar-refractivity contribution in [1.82, 2.24) is 4.90 Å². The van der Waals surface area contributed by atoms with Crippen molar-refractivity contribution in [2.75, 3.05) is 33.4 Å². The molecule has 0 spiro atoms. The van der Waals surface area contributed by atoms with Crippen LogP contribution < -0.4 is 0 Å². The number of ether oxygens (including phenoxy) is 1. The predicted octanol–water partition coefficient (Wildman–Crippen LogP) is 2.54. The molecule has 0 aliphatic rings. The lowest BCUT2D eigenvalue weighted by Gasteiger charge is -2.15. The van der Waals surface area contributed by atoms with Gasteiger partial charge in [-0.15, -0.1) is 0 Å². The summed E-state index contributed by atoms with van der Waals surface area (Å²) in [5, 5.41) is 0. The molecule has 0 heterocycles. The lowest BCUT2D eigenvalue weighted by Crippen LogP contribution is -2.24. The zero-order chi connectivity index (χ0) is 9.94. The van der Waals surface area contributed by atoms with Gasteiger partial charge < -0.3 is 9.64 Å². The van der Waals surface area contributed by atoms with Crippen LogP contribution in [0.25, 0.3) is 0 Å². The zero-order valence-electron chi connectivity index (χ0n) is 9.51. The number of rotatable bonds is 9. The van der Waals surface area contributed by atoms with Crippen molar-refractivity contribution in [1.29, 1.82) is 0 Å². The molecule has 0 aromatic carbocycles. The topological polar surface area (TPSA) is 12.5 Å². The van der Waals surface area contributed by atoms with E-state index in [1.54, 1.807) is 0 Å². The van der Waals surface area contributed by atoms with Gasteiger partial charge in [0.25, 0.3) is 0 Å². The van der Waals surface area contributed by atoms with Crippen molar-refractivity contribution in [3.8, 4) is 0 Å². The Morgan fingerprint density at radius 1 is 1.00 bits per heavy atom. The summed E-state index contributed by atoms with van der Waals surface area (Å²) in [6, 6.07) is 0. The number of nitrogens with zero attached hydrogens (tertiary/aromatic N) is 1. The fourth-order valence-corrected chi connectivity index (χ4v) is 1.29. The summed E-state index contributed by atoms with van der Waals surface area (Å²) in [6.45, 7) is 8.29. The molecule has 0 fully saturated rings. The van der Waals surface area contributed by atoms with Crippen molar-refractivity contribution in [2.45, 2.75) is 39.5 Å². The van der Waals surface area contributed by atoms with Gasteiger partial charge in [-0.25, -0.2) is 0 Å². The molecule has 0 bridgehead atoms. The first kappa shape index (κ1) is 12.9. The number of hydrogen-bond donors (Lipinski definition) is 0. The van der Waals surface area contributed by atoms with E-state index in [0.717, 1.165) is 19.8 Å². The summed E-state index contributed by atoms with van der Waals surface area (Å²) in [5.74, 6) is 0. The van der Waals surface area contributed by atoms with Crippen molar-refractivity contribution >= 4 is 0 Å². The summed E-state index contributed by atoms with van der Waals surface area (Å²) in [7, 11) is 2.17. The average molecular weight is 187 g/mol. The van der Waals surface area contributed by atoms with Crippen LogP contribution in [0, 0.1) is 0 Å². The molecule has 0 aromatic rings. The number of unbranched alkanes of at least 4 members (excludes halogenated alkanes) is 3. The number of hydrogen-bond acceptors (Lipinski definition) is 2. The summed E-state index contributed by atoms with van der Waals surface area (Å²) in [6.07, 6.45) is 5.40. The van der Waals surface area contributed by atoms with E-state index >= 15 is 0 Å². The molecular formula is C11H25NO. The van der Waals surface area contributed by atoms with Gasteiger partial charge in [0.1, 0.15) is 0 Å². The van der Waals surface area contributed by atoms with Crippen LogP contribution >= 0.6 is 0 Å². The molecule has 0 unspecified atom stereocenters. The molecule has 0 radical (unpaired) electrons. The van der Waals surface area contributed by atoms with Gasteiger partial charge in [0, 0.05) is 13.2 Å². The third-order valence-corrected chi connectivity index (χ3v) is 2.21. The van der Waals surface area contributed by atoms with Crippen molar-refractivity contribution in [2.24, 2.45) is 0 Å². The van der Waals surface area contributed by atoms with Crippen LogP contribution in [0.2, 0.25) is 0 Å². The maximum Gasteiger partial charge on any atom is 0.0593 e. The smallest absolute Gasteiger partial charge is 0.0593 e. The molecule has 0 aliphatic heterocycles. The Labute approximate surface area is 83.3 Å². The SMILES string of the molecule is CCCCCCN(C)CCOCC. The summed E-state index contributed by atoms with van der Waals surface area (Å²) in [4.78, 5) is 2.35. The van der Waals surface area contributed by atoms with Gasteiger partial charge in [0.2, 0.25) is 0 Å². The highest BCUT2D eigenvalue weighted by Crippen LogP contribution is 1.99. The molecule has 13 heavy (non-hydrogen) atoms. The Kier molecular flexibility index (Phi) is 9.94. The highest BCUT2D eigenvalue weighted by atomic mass is 16.5. The molecular weight excluding hydrogens is 162 g/mol. The summed E-state index contributed by atoms with van der Waals surface area (Å²) >= 11 is 0. The van der Waals surface area contributed by atoms with Gasteiger partial charge >= 0.3 is 0 Å². The maximum absolute atomic E-state index is 5.29. The predicted molar refractivity (Wildman–Crippen MR) is 58.1 cm³/mol. The average Bonchev–Trinajstić information content (AvgIpc) is 2.13. The van der Waals surface area contributed by atoms with E-state index in [1.165, 1.54) is 32.2 Å². The van der Waals surface area contributed by atoms with Crippen LogP contribution in [0.3, 0.4) is 0 Å². The molecule has 0 saturated heterocycles. The highest BCUT2D eigenvalue weighted by molar-refractivity contribution is 4.51. The van der Waals surface area contributed by atoms with E-state index in [0.29, 0.717) is 0 Å². The Balaban J connectivity index is 3.05. The van der Waals surface area contributed by atoms with Crippen molar-refractivity contribution in [3.63, 3.8) is 0 Å². The van der Waals surface area contributed by atoms with E-state index in [4.69, 9.17) is 4.74 Å². The third kappa shape index (κ3) is 9.84. The van der Waals surface area contributed by atoms with E-state index in [1.807, 2.05) is 6.92 Å². The lowest BCUT2D eigenvalue weighted by molar-refractivity contribution is 0.121. The first-order chi connectivity index (χ1) is 6.31. The normalized spacial score (nSPS) is 11.1. The van der Waals surface area contributed by atoms with Crippen LogP contribution in [0.5, 0.6) is 0 Å². The fraction of sp³-hybridized carbons (Fsp3) is 1.00. The molecule has 0 rings (SSSR count). The Morgan fingerprint density at radius 3 is 2.38 bits per heavy atom. The van der Waals surface area contributed by atoms with E-state index in [9.17, 15) is 0 Å². The van der Waals surface area contributed by atoms with E-state index in [2.05, 4.69) is 18.9 Å². The maximum atomic E-state index is 5.29. The highest BCUT2D eigenvalue weighted by Gasteiger charge is 1.96. The van der Waals surface area contributed by atoms with Crippen LogP contribution in [0.4, 0.5) is 0 Å². The molecule has 80 valence electrons. The minimum atomic E-state index is 0.837. The first-order valence-electron chi connectivity index (χ1n) is 5.57. The Morgan fingerprint density at radius 2 is 1.77 bits per heavy atom. The summed E-state index contributed by atoms with van der Waals surface area (Å²) < 4.78 is 5.29. The van der Waals surface area contributed by atoms with Crippen LogP contribution in [0.15, 0.2) is 0 Å². The molecule has 2 heteroatoms. The largest absolute Gasteiger partial charge is 0.380 e. The molecule has 0 saturated carbocycles. The second-order valence-corrected chi connectivity index (χ2v) is 3.56. The van der Waals surface area contributed by atoms with Gasteiger partial charge in [0.15, 0.2) is 0 Å². The van der Waals surface area contributed by atoms with Crippen molar-refractivity contribution < 1.29 is 4.74 Å². The minimum Gasteiger partial charge on any atom is -0.380 e. The molecule has 0 amide bonds. The first-order valence-corrected chi connectivity index (χ1v) is 5.57. The standard InChI is InChI=1S/C11H25NO/c1-4-6-7-8-9-12(3)10-11-13-5-2/h4-11H2,1-3H3. The Hall–Kier alpha value is -0.0800. The Bertz CT molecular complexity index is 96.1. The minimum absolute atomic E-state index is 0.837. The molecule has 0 aromatic heterocycles. The molecule has 0 N–H and O–H groups in total. The monoisotopic (exact) mass is 187 g/mol. The van der Waals surface area contributed by atoms with Gasteiger partial charge in [0.05, 0.1) is 6.61 Å². The number of likely N-dealkylation sites (N-methyl/N-ethyl adjacent to an activating group) is 1. The second-order valence-electron chi connectivity index (χ2n) is 3.56. The zero-order valence-corrected chi connectivity index (χ0v) is 9.51. The van der Waals surface area contributed by atoms with Gasteiger partial charge in [-0.05, 0) is 26.9 Å². The van der Waals surface area contributed by atoms with Gasteiger partial charge in [-0.3, -0.25) is 0 Å². The molecule has 0 aliphatic carbocycles. The lowest BCUT2D eigenvalue weighted by atomic mass is 10.2. The third-order valence-electron chi connectivity index (χ3n) is 2.21. The van der Waals surface area contributed by atoms with Crippen LogP contribution in [-0.2, 0) is 4.74 Å². The van der Waals surface area contributed by atoms with Gasteiger partial charge in [-0.1, -0.05) is 26.2 Å². The fourth-order valence-electron chi connectivity index (χ4n) is 1.29. The summed E-state index contributed by atoms with van der Waals surface area (Å²) in [5.41, 5.74) is 0. The van der Waals surface area contributed by atoms with Gasteiger partial charge in [-0.2, -0.15) is 0 Å².